The number of anilines is 1. The third-order valence-electron chi connectivity index (χ3n) is 6.58. The highest BCUT2D eigenvalue weighted by atomic mass is 35.5. The van der Waals surface area contributed by atoms with Crippen molar-refractivity contribution >= 4 is 39.9 Å². The quantitative estimate of drug-likeness (QED) is 0.419. The van der Waals surface area contributed by atoms with Crippen molar-refractivity contribution in [1.29, 1.82) is 0 Å². The van der Waals surface area contributed by atoms with Gasteiger partial charge in [0.2, 0.25) is 0 Å². The molecule has 0 spiro atoms. The van der Waals surface area contributed by atoms with E-state index in [1.54, 1.807) is 34.0 Å². The number of nitrogen functional groups attached to an aromatic ring is 1. The maximum atomic E-state index is 13.9. The predicted molar refractivity (Wildman–Crippen MR) is 123 cm³/mol. The number of carbonyl (C=O) groups excluding carboxylic acids is 1. The molecule has 1 fully saturated rings. The Labute approximate surface area is 202 Å². The van der Waals surface area contributed by atoms with Crippen molar-refractivity contribution in [3.05, 3.63) is 64.6 Å². The van der Waals surface area contributed by atoms with E-state index in [1.807, 2.05) is 0 Å². The van der Waals surface area contributed by atoms with Crippen molar-refractivity contribution in [2.75, 3.05) is 18.9 Å². The van der Waals surface area contributed by atoms with Gasteiger partial charge in [0.1, 0.15) is 23.7 Å². The Balaban J connectivity index is 1.42. The molecule has 0 bridgehead atoms. The number of benzene rings is 2. The molecule has 1 aliphatic heterocycles. The molecule has 2 aromatic heterocycles. The molecule has 1 unspecified atom stereocenters. The second kappa shape index (κ2) is 7.74. The number of ether oxygens (including phenoxy) is 1. The molecule has 35 heavy (non-hydrogen) atoms. The Hall–Kier alpha value is -3.53. The monoisotopic (exact) mass is 501 g/mol. The second-order valence-corrected chi connectivity index (χ2v) is 9.35. The van der Waals surface area contributed by atoms with Crippen LogP contribution >= 0.6 is 11.6 Å². The zero-order valence-corrected chi connectivity index (χ0v) is 19.0. The zero-order chi connectivity index (χ0) is 24.5. The number of rotatable bonds is 4. The number of alkyl halides is 3. The van der Waals surface area contributed by atoms with E-state index in [0.29, 0.717) is 40.4 Å². The summed E-state index contributed by atoms with van der Waals surface area (Å²) in [5.41, 5.74) is 7.78. The van der Waals surface area contributed by atoms with Crippen LogP contribution in [-0.4, -0.2) is 38.3 Å². The van der Waals surface area contributed by atoms with Gasteiger partial charge >= 0.3 is 6.18 Å². The van der Waals surface area contributed by atoms with Gasteiger partial charge in [0.15, 0.2) is 0 Å². The summed E-state index contributed by atoms with van der Waals surface area (Å²) in [6, 6.07) is 6.13. The molecule has 1 amide bonds. The molecular weight excluding hydrogens is 483 g/mol. The lowest BCUT2D eigenvalue weighted by atomic mass is 10.0. The number of nitrogens with two attached hydrogens (primary N) is 1. The number of halogens is 4. The Morgan fingerprint density at radius 2 is 2.03 bits per heavy atom. The van der Waals surface area contributed by atoms with E-state index in [2.05, 4.69) is 9.97 Å². The number of fused-ring (bicyclic) bond motifs is 4. The molecule has 6 rings (SSSR count). The maximum Gasteiger partial charge on any atom is 0.416 e. The van der Waals surface area contributed by atoms with Gasteiger partial charge in [-0.1, -0.05) is 17.7 Å². The number of amides is 1. The van der Waals surface area contributed by atoms with Gasteiger partial charge in [-0.05, 0) is 43.0 Å². The van der Waals surface area contributed by atoms with E-state index < -0.39 is 17.8 Å². The van der Waals surface area contributed by atoms with Crippen LogP contribution in [0.2, 0.25) is 5.02 Å². The van der Waals surface area contributed by atoms with E-state index in [-0.39, 0.29) is 28.8 Å². The molecule has 3 heterocycles. The topological polar surface area (TPSA) is 85.8 Å². The minimum Gasteiger partial charge on any atom is -0.491 e. The molecule has 2 aliphatic rings. The first-order valence-corrected chi connectivity index (χ1v) is 11.4. The van der Waals surface area contributed by atoms with Crippen molar-refractivity contribution < 1.29 is 22.7 Å². The summed E-state index contributed by atoms with van der Waals surface area (Å²) < 4.78 is 46.9. The highest BCUT2D eigenvalue weighted by Gasteiger charge is 2.39. The Morgan fingerprint density at radius 3 is 2.77 bits per heavy atom. The molecule has 2 aromatic carbocycles. The van der Waals surface area contributed by atoms with Crippen LogP contribution in [0.25, 0.3) is 16.6 Å². The normalized spacial score (nSPS) is 17.5. The molecule has 0 saturated heterocycles. The maximum absolute atomic E-state index is 13.9. The van der Waals surface area contributed by atoms with Crippen LogP contribution in [-0.2, 0) is 6.18 Å². The molecular formula is C24H19ClF3N5O2. The van der Waals surface area contributed by atoms with Crippen LogP contribution in [0, 0.1) is 5.92 Å². The van der Waals surface area contributed by atoms with Crippen molar-refractivity contribution in [2.45, 2.75) is 25.1 Å². The molecule has 4 aromatic rings. The SMILES string of the molecule is Nc1nc2cc(Cl)c(C(=O)N(CC3CC3)C3COc4cc(C(F)(F)F)ccc43)cc2n2cncc12. The lowest BCUT2D eigenvalue weighted by Crippen LogP contribution is -2.37. The summed E-state index contributed by atoms with van der Waals surface area (Å²) in [6.45, 7) is 0.534. The van der Waals surface area contributed by atoms with E-state index in [1.165, 1.54) is 6.07 Å². The fourth-order valence-corrected chi connectivity index (χ4v) is 4.81. The number of hydrogen-bond donors (Lipinski definition) is 1. The standard InChI is InChI=1S/C24H19ClF3N5O2/c25-16-7-17-18(33-11-30-8-19(33)22(29)31-17)6-15(16)23(34)32(9-12-1-2-12)20-10-35-21-5-13(24(26,27)28)3-4-14(20)21/h3-8,11-12,20H,1-2,9-10H2,(H2,29,31). The predicted octanol–water partition coefficient (Wildman–Crippen LogP) is 5.12. The number of aromatic nitrogens is 3. The number of carbonyl (C=O) groups is 1. The fourth-order valence-electron chi connectivity index (χ4n) is 4.57. The summed E-state index contributed by atoms with van der Waals surface area (Å²) in [4.78, 5) is 24.0. The van der Waals surface area contributed by atoms with E-state index >= 15 is 0 Å². The summed E-state index contributed by atoms with van der Waals surface area (Å²) in [6.07, 6.45) is 0.663. The van der Waals surface area contributed by atoms with Crippen LogP contribution in [0.1, 0.15) is 40.4 Å². The van der Waals surface area contributed by atoms with Crippen molar-refractivity contribution in [2.24, 2.45) is 5.92 Å². The first kappa shape index (κ1) is 22.0. The third kappa shape index (κ3) is 3.72. The lowest BCUT2D eigenvalue weighted by Gasteiger charge is -2.29. The van der Waals surface area contributed by atoms with Crippen LogP contribution in [0.5, 0.6) is 5.75 Å². The number of nitrogens with zero attached hydrogens (tertiary/aromatic N) is 4. The Morgan fingerprint density at radius 1 is 1.23 bits per heavy atom. The molecule has 1 aliphatic carbocycles. The van der Waals surface area contributed by atoms with Crippen LogP contribution in [0.4, 0.5) is 19.0 Å². The molecule has 7 nitrogen and oxygen atoms in total. The largest absolute Gasteiger partial charge is 0.491 e. The van der Waals surface area contributed by atoms with E-state index in [9.17, 15) is 18.0 Å². The van der Waals surface area contributed by atoms with Crippen molar-refractivity contribution in [3.8, 4) is 5.75 Å². The average molecular weight is 502 g/mol. The van der Waals surface area contributed by atoms with E-state index in [0.717, 1.165) is 25.0 Å². The van der Waals surface area contributed by atoms with Gasteiger partial charge in [0.05, 0.1) is 45.7 Å². The fraction of sp³-hybridized carbons (Fsp3) is 0.292. The highest BCUT2D eigenvalue weighted by Crippen LogP contribution is 2.43. The van der Waals surface area contributed by atoms with Gasteiger partial charge in [-0.2, -0.15) is 13.2 Å². The molecule has 1 atom stereocenters. The van der Waals surface area contributed by atoms with Gasteiger partial charge < -0.3 is 15.4 Å². The summed E-state index contributed by atoms with van der Waals surface area (Å²) >= 11 is 6.54. The van der Waals surface area contributed by atoms with Gasteiger partial charge in [0.25, 0.3) is 5.91 Å². The van der Waals surface area contributed by atoms with Crippen LogP contribution in [0.15, 0.2) is 42.9 Å². The molecule has 1 saturated carbocycles. The molecule has 2 N–H and O–H groups in total. The number of imidazole rings is 1. The van der Waals surface area contributed by atoms with Gasteiger partial charge in [-0.3, -0.25) is 9.20 Å². The number of hydrogen-bond acceptors (Lipinski definition) is 5. The minimum absolute atomic E-state index is 0.0736. The van der Waals surface area contributed by atoms with Gasteiger partial charge in [0, 0.05) is 12.1 Å². The summed E-state index contributed by atoms with van der Waals surface area (Å²) in [5, 5.41) is 0.209. The lowest BCUT2D eigenvalue weighted by molar-refractivity contribution is -0.137. The Kier molecular flexibility index (Phi) is 4.86. The molecule has 0 radical (unpaired) electrons. The summed E-state index contributed by atoms with van der Waals surface area (Å²) in [5.74, 6) is 0.440. The first-order chi connectivity index (χ1) is 16.7. The first-order valence-electron chi connectivity index (χ1n) is 11.1. The van der Waals surface area contributed by atoms with Gasteiger partial charge in [-0.25, -0.2) is 9.97 Å². The third-order valence-corrected chi connectivity index (χ3v) is 6.89. The molecule has 11 heteroatoms. The minimum atomic E-state index is -4.48. The van der Waals surface area contributed by atoms with Crippen molar-refractivity contribution in [1.82, 2.24) is 19.3 Å². The summed E-state index contributed by atoms with van der Waals surface area (Å²) in [7, 11) is 0. The van der Waals surface area contributed by atoms with Crippen LogP contribution in [0.3, 0.4) is 0 Å². The van der Waals surface area contributed by atoms with Gasteiger partial charge in [-0.15, -0.1) is 0 Å². The molecule has 180 valence electrons. The van der Waals surface area contributed by atoms with Crippen LogP contribution < -0.4 is 10.5 Å². The van der Waals surface area contributed by atoms with Crippen molar-refractivity contribution in [3.63, 3.8) is 0 Å². The highest BCUT2D eigenvalue weighted by molar-refractivity contribution is 6.34. The zero-order valence-electron chi connectivity index (χ0n) is 18.2. The van der Waals surface area contributed by atoms with E-state index in [4.69, 9.17) is 22.1 Å². The smallest absolute Gasteiger partial charge is 0.416 e. The average Bonchev–Trinajstić information content (AvgIpc) is 3.32. The second-order valence-electron chi connectivity index (χ2n) is 8.94. The Bertz CT molecular complexity index is 1500.